The molecule has 0 fully saturated rings. The number of nitrogens with zero attached hydrogens (tertiary/aromatic N) is 5. The van der Waals surface area contributed by atoms with Gasteiger partial charge in [0.25, 0.3) is 6.21 Å². The van der Waals surface area contributed by atoms with E-state index in [1.54, 1.807) is 6.21 Å². The lowest BCUT2D eigenvalue weighted by atomic mass is 9.97. The van der Waals surface area contributed by atoms with Crippen molar-refractivity contribution >= 4 is 40.2 Å². The molecule has 3 aromatic carbocycles. The fraction of sp³-hybridized carbons (Fsp3) is 0.136. The molecule has 5 heterocycles. The van der Waals surface area contributed by atoms with Crippen LogP contribution in [0.25, 0.3) is 61.5 Å². The minimum Gasteiger partial charge on any atom is -0.687 e. The predicted molar refractivity (Wildman–Crippen MR) is 207 cm³/mol. The second-order valence-electron chi connectivity index (χ2n) is 13.4. The monoisotopic (exact) mass is 662 g/mol. The zero-order valence-electron chi connectivity index (χ0n) is 27.9. The molecule has 2 aromatic heterocycles. The SMILES string of the molecule is C1=CCC(C2NC3=C(O2)c2c(n(-c4ccc(-c5nc(C6=CC=[N+]=C6)cc(-c6ccc(C7=CC[N-]C=C7)cc6)n5)cc4)c4ccccc24)CC3)C=C1. The molecular formula is C44H34N6O. The molecule has 0 spiro atoms. The summed E-state index contributed by atoms with van der Waals surface area (Å²) in [6, 6.07) is 27.9. The van der Waals surface area contributed by atoms with Gasteiger partial charge in [-0.15, -0.1) is 11.2 Å². The van der Waals surface area contributed by atoms with Crippen LogP contribution in [0, 0.1) is 5.92 Å². The molecule has 246 valence electrons. The first-order chi connectivity index (χ1) is 25.3. The van der Waals surface area contributed by atoms with Crippen molar-refractivity contribution in [2.45, 2.75) is 25.5 Å². The number of rotatable bonds is 6. The lowest BCUT2D eigenvalue weighted by Crippen LogP contribution is -2.31. The highest BCUT2D eigenvalue weighted by Crippen LogP contribution is 2.44. The van der Waals surface area contributed by atoms with E-state index in [-0.39, 0.29) is 6.23 Å². The Morgan fingerprint density at radius 2 is 1.71 bits per heavy atom. The van der Waals surface area contributed by atoms with E-state index >= 15 is 0 Å². The fourth-order valence-corrected chi connectivity index (χ4v) is 7.73. The second kappa shape index (κ2) is 12.2. The maximum absolute atomic E-state index is 6.73. The van der Waals surface area contributed by atoms with Crippen LogP contribution in [-0.4, -0.2) is 39.7 Å². The lowest BCUT2D eigenvalue weighted by Gasteiger charge is -2.21. The average molecular weight is 663 g/mol. The highest BCUT2D eigenvalue weighted by Gasteiger charge is 2.37. The van der Waals surface area contributed by atoms with E-state index in [0.717, 1.165) is 64.4 Å². The minimum absolute atomic E-state index is 0.0472. The van der Waals surface area contributed by atoms with Gasteiger partial charge in [-0.25, -0.2) is 9.97 Å². The van der Waals surface area contributed by atoms with Crippen molar-refractivity contribution in [1.82, 2.24) is 24.5 Å². The molecule has 1 N–H and O–H groups in total. The molecule has 2 atom stereocenters. The van der Waals surface area contributed by atoms with Gasteiger partial charge in [0, 0.05) is 45.5 Å². The van der Waals surface area contributed by atoms with E-state index in [9.17, 15) is 0 Å². The number of fused-ring (bicyclic) bond motifs is 4. The van der Waals surface area contributed by atoms with Crippen LogP contribution in [0.4, 0.5) is 0 Å². The maximum atomic E-state index is 6.73. The number of ether oxygens (including phenoxy) is 1. The molecule has 7 nitrogen and oxygen atoms in total. The largest absolute Gasteiger partial charge is 0.687 e. The molecule has 0 saturated carbocycles. The van der Waals surface area contributed by atoms with E-state index in [1.165, 1.54) is 33.4 Å². The standard InChI is InChI=1S/C44H34N6O/c1-2-6-32(7-3-1)44-49-36-18-19-40-41(42(36)51-44)35-8-4-5-9-39(35)50(40)34-16-14-31(15-17-34)43-47-37(26-38(48-43)33-22-25-46-27-33)30-12-10-28(11-13-30)29-20-23-45-24-21-29/h1-6,8-17,20-23,25-27,32,44,49H,7,18-19,24H2. The van der Waals surface area contributed by atoms with Crippen molar-refractivity contribution in [3.8, 4) is 28.3 Å². The Labute approximate surface area is 296 Å². The van der Waals surface area contributed by atoms with Gasteiger partial charge in [0.05, 0.1) is 28.2 Å². The first kappa shape index (κ1) is 29.5. The average Bonchev–Trinajstić information content (AvgIpc) is 3.97. The summed E-state index contributed by atoms with van der Waals surface area (Å²) in [7, 11) is 0. The van der Waals surface area contributed by atoms with Crippen LogP contribution >= 0.6 is 0 Å². The number of hydrogen-bond donors (Lipinski definition) is 1. The Morgan fingerprint density at radius 1 is 0.863 bits per heavy atom. The number of hydrogen-bond acceptors (Lipinski definition) is 4. The molecule has 10 rings (SSSR count). The van der Waals surface area contributed by atoms with Crippen LogP contribution in [0.5, 0.6) is 0 Å². The van der Waals surface area contributed by atoms with Crippen LogP contribution in [0.15, 0.2) is 133 Å². The van der Waals surface area contributed by atoms with Gasteiger partial charge in [-0.05, 0) is 66.8 Å². The molecule has 0 radical (unpaired) electrons. The van der Waals surface area contributed by atoms with E-state index in [0.29, 0.717) is 18.3 Å². The Balaban J connectivity index is 1.01. The summed E-state index contributed by atoms with van der Waals surface area (Å²) in [5.74, 6) is 2.00. The van der Waals surface area contributed by atoms with E-state index in [4.69, 9.17) is 14.7 Å². The number of para-hydroxylation sites is 1. The van der Waals surface area contributed by atoms with Gasteiger partial charge in [0.15, 0.2) is 17.8 Å². The van der Waals surface area contributed by atoms with E-state index in [2.05, 4.69) is 135 Å². The molecule has 0 saturated heterocycles. The van der Waals surface area contributed by atoms with Crippen LogP contribution in [0.1, 0.15) is 35.4 Å². The van der Waals surface area contributed by atoms with Crippen molar-refractivity contribution in [1.29, 1.82) is 0 Å². The number of allylic oxidation sites excluding steroid dienone is 8. The third-order valence-electron chi connectivity index (χ3n) is 10.3. The van der Waals surface area contributed by atoms with Crippen molar-refractivity contribution in [3.05, 3.63) is 161 Å². The molecule has 7 heteroatoms. The van der Waals surface area contributed by atoms with Gasteiger partial charge in [-0.1, -0.05) is 78.9 Å². The van der Waals surface area contributed by atoms with Crippen LogP contribution in [0.3, 0.4) is 0 Å². The first-order valence-corrected chi connectivity index (χ1v) is 17.6. The Hall–Kier alpha value is -6.43. The fourth-order valence-electron chi connectivity index (χ4n) is 7.73. The molecule has 51 heavy (non-hydrogen) atoms. The lowest BCUT2D eigenvalue weighted by molar-refractivity contribution is 0.127. The van der Waals surface area contributed by atoms with E-state index in [1.807, 2.05) is 18.5 Å². The highest BCUT2D eigenvalue weighted by atomic mass is 16.5. The summed E-state index contributed by atoms with van der Waals surface area (Å²) in [4.78, 5) is 10.1. The molecule has 5 aromatic rings. The van der Waals surface area contributed by atoms with E-state index < -0.39 is 0 Å². The van der Waals surface area contributed by atoms with Crippen molar-refractivity contribution < 1.29 is 4.74 Å². The third kappa shape index (κ3) is 5.18. The molecule has 5 aliphatic rings. The molecular weight excluding hydrogens is 629 g/mol. The molecule has 2 unspecified atom stereocenters. The predicted octanol–water partition coefficient (Wildman–Crippen LogP) is 8.34. The summed E-state index contributed by atoms with van der Waals surface area (Å²) >= 11 is 0. The number of aromatic nitrogens is 3. The summed E-state index contributed by atoms with van der Waals surface area (Å²) < 4.78 is 13.4. The minimum atomic E-state index is -0.0472. The van der Waals surface area contributed by atoms with Gasteiger partial charge in [0.2, 0.25) is 0 Å². The molecule has 0 bridgehead atoms. The zero-order valence-corrected chi connectivity index (χ0v) is 27.9. The molecule has 0 amide bonds. The Kier molecular flexibility index (Phi) is 7.03. The Bertz CT molecular complexity index is 2480. The van der Waals surface area contributed by atoms with Crippen molar-refractivity contribution in [3.63, 3.8) is 0 Å². The summed E-state index contributed by atoms with van der Waals surface area (Å²) in [6.45, 7) is 0.712. The van der Waals surface area contributed by atoms with Gasteiger partial charge in [0.1, 0.15) is 0 Å². The van der Waals surface area contributed by atoms with Gasteiger partial charge in [-0.2, -0.15) is 6.20 Å². The van der Waals surface area contributed by atoms with Crippen molar-refractivity contribution in [2.24, 2.45) is 5.92 Å². The summed E-state index contributed by atoms with van der Waals surface area (Å²) in [5, 5.41) is 9.22. The van der Waals surface area contributed by atoms with Gasteiger partial charge >= 0.3 is 6.21 Å². The molecule has 2 aliphatic carbocycles. The Morgan fingerprint density at radius 3 is 2.51 bits per heavy atom. The van der Waals surface area contributed by atoms with Crippen molar-refractivity contribution in [2.75, 3.05) is 6.54 Å². The summed E-state index contributed by atoms with van der Waals surface area (Å²) in [6.07, 6.45) is 23.2. The summed E-state index contributed by atoms with van der Waals surface area (Å²) in [5.41, 5.74) is 13.0. The highest BCUT2D eigenvalue weighted by molar-refractivity contribution is 6.17. The molecule has 3 aliphatic heterocycles. The maximum Gasteiger partial charge on any atom is 0.302 e. The quantitative estimate of drug-likeness (QED) is 0.186. The van der Waals surface area contributed by atoms with Crippen LogP contribution < -0.4 is 9.98 Å². The number of benzene rings is 3. The van der Waals surface area contributed by atoms with Crippen LogP contribution in [0.2, 0.25) is 0 Å². The van der Waals surface area contributed by atoms with Gasteiger partial charge < -0.3 is 19.9 Å². The first-order valence-electron chi connectivity index (χ1n) is 17.6. The van der Waals surface area contributed by atoms with Crippen LogP contribution in [-0.2, 0) is 11.2 Å². The van der Waals surface area contributed by atoms with Gasteiger partial charge in [-0.3, -0.25) is 0 Å². The third-order valence-corrected chi connectivity index (χ3v) is 10.3. The normalized spacial score (nSPS) is 19.8. The zero-order chi connectivity index (χ0) is 33.7. The number of nitrogens with one attached hydrogen (secondary N) is 1. The smallest absolute Gasteiger partial charge is 0.302 e. The topological polar surface area (TPSA) is 80.2 Å². The second-order valence-corrected chi connectivity index (χ2v) is 13.4.